The Labute approximate surface area is 94.1 Å². The summed E-state index contributed by atoms with van der Waals surface area (Å²) < 4.78 is 36.9. The topological polar surface area (TPSA) is 25.8 Å². The normalized spacial score (nSPS) is 13.9. The second-order valence-electron chi connectivity index (χ2n) is 3.07. The van der Waals surface area contributed by atoms with E-state index in [0.29, 0.717) is 6.42 Å². The third kappa shape index (κ3) is 3.77. The highest BCUT2D eigenvalue weighted by Gasteiger charge is 2.32. The maximum absolute atomic E-state index is 12.3. The second kappa shape index (κ2) is 4.92. The van der Waals surface area contributed by atoms with Gasteiger partial charge in [-0.05, 0) is 12.5 Å². The van der Waals surface area contributed by atoms with Gasteiger partial charge < -0.3 is 0 Å². The zero-order valence-corrected chi connectivity index (χ0v) is 9.64. The summed E-state index contributed by atoms with van der Waals surface area (Å²) in [7, 11) is 0. The smallest absolute Gasteiger partial charge is 0.241 e. The summed E-state index contributed by atoms with van der Waals surface area (Å²) in [4.78, 5) is 7.38. The highest BCUT2D eigenvalue weighted by atomic mass is 79.9. The van der Waals surface area contributed by atoms with Gasteiger partial charge in [0.1, 0.15) is 11.5 Å². The first-order chi connectivity index (χ1) is 6.93. The van der Waals surface area contributed by atoms with Gasteiger partial charge in [0.15, 0.2) is 0 Å². The molecule has 1 aromatic heterocycles. The van der Waals surface area contributed by atoms with Crippen molar-refractivity contribution in [3.63, 3.8) is 0 Å². The van der Waals surface area contributed by atoms with Crippen LogP contribution in [0, 0.1) is 0 Å². The molecule has 2 nitrogen and oxygen atoms in total. The molecular weight excluding hydrogens is 273 g/mol. The first kappa shape index (κ1) is 12.4. The Bertz CT molecular complexity index is 327. The van der Waals surface area contributed by atoms with Crippen molar-refractivity contribution in [2.75, 3.05) is 0 Å². The quantitative estimate of drug-likeness (QED) is 0.796. The van der Waals surface area contributed by atoms with E-state index in [1.807, 2.05) is 6.92 Å². The lowest BCUT2D eigenvalue weighted by Gasteiger charge is -2.08. The zero-order valence-electron chi connectivity index (χ0n) is 8.05. The van der Waals surface area contributed by atoms with Crippen molar-refractivity contribution in [2.24, 2.45) is 0 Å². The first-order valence-electron chi connectivity index (χ1n) is 4.46. The van der Waals surface area contributed by atoms with Crippen LogP contribution in [0.25, 0.3) is 0 Å². The SMILES string of the molecule is CCC(Br)Cc1nccc(C(F)(F)F)n1. The lowest BCUT2D eigenvalue weighted by atomic mass is 10.2. The Kier molecular flexibility index (Phi) is 4.07. The molecule has 1 rings (SSSR count). The molecular formula is C9H10BrF3N2. The fourth-order valence-corrected chi connectivity index (χ4v) is 1.29. The first-order valence-corrected chi connectivity index (χ1v) is 5.38. The maximum Gasteiger partial charge on any atom is 0.433 e. The van der Waals surface area contributed by atoms with Gasteiger partial charge >= 0.3 is 6.18 Å². The van der Waals surface area contributed by atoms with Crippen LogP contribution >= 0.6 is 15.9 Å². The van der Waals surface area contributed by atoms with Gasteiger partial charge in [0.2, 0.25) is 0 Å². The minimum atomic E-state index is -4.40. The summed E-state index contributed by atoms with van der Waals surface area (Å²) in [5, 5.41) is 0. The summed E-state index contributed by atoms with van der Waals surface area (Å²) in [5.74, 6) is 0.216. The Balaban J connectivity index is 2.84. The van der Waals surface area contributed by atoms with E-state index in [1.54, 1.807) is 0 Å². The molecule has 0 radical (unpaired) electrons. The molecule has 1 heterocycles. The number of nitrogens with zero attached hydrogens (tertiary/aromatic N) is 2. The maximum atomic E-state index is 12.3. The molecule has 6 heteroatoms. The Morgan fingerprint density at radius 2 is 2.13 bits per heavy atom. The zero-order chi connectivity index (χ0) is 11.5. The summed E-state index contributed by atoms with van der Waals surface area (Å²) in [5.41, 5.74) is -0.886. The fourth-order valence-electron chi connectivity index (χ4n) is 0.998. The van der Waals surface area contributed by atoms with Gasteiger partial charge in [0.05, 0.1) is 0 Å². The van der Waals surface area contributed by atoms with E-state index in [1.165, 1.54) is 0 Å². The molecule has 0 fully saturated rings. The van der Waals surface area contributed by atoms with E-state index >= 15 is 0 Å². The highest BCUT2D eigenvalue weighted by Crippen LogP contribution is 2.27. The Morgan fingerprint density at radius 1 is 1.47 bits per heavy atom. The van der Waals surface area contributed by atoms with Gasteiger partial charge in [-0.25, -0.2) is 9.97 Å². The summed E-state index contributed by atoms with van der Waals surface area (Å²) in [6.45, 7) is 1.94. The minimum Gasteiger partial charge on any atom is -0.241 e. The van der Waals surface area contributed by atoms with Crippen LogP contribution in [-0.4, -0.2) is 14.8 Å². The second-order valence-corrected chi connectivity index (χ2v) is 4.36. The summed E-state index contributed by atoms with van der Waals surface area (Å²) in [6.07, 6.45) is -2.04. The van der Waals surface area contributed by atoms with E-state index in [9.17, 15) is 13.2 Å². The molecule has 0 N–H and O–H groups in total. The molecule has 0 saturated carbocycles. The fraction of sp³-hybridized carbons (Fsp3) is 0.556. The van der Waals surface area contributed by atoms with Crippen molar-refractivity contribution in [3.8, 4) is 0 Å². The molecule has 15 heavy (non-hydrogen) atoms. The largest absolute Gasteiger partial charge is 0.433 e. The average Bonchev–Trinajstić information content (AvgIpc) is 2.17. The number of aromatic nitrogens is 2. The molecule has 0 aliphatic rings. The van der Waals surface area contributed by atoms with Crippen molar-refractivity contribution >= 4 is 15.9 Å². The van der Waals surface area contributed by atoms with Crippen LogP contribution in [0.3, 0.4) is 0 Å². The molecule has 0 aromatic carbocycles. The van der Waals surface area contributed by atoms with Crippen LogP contribution in [0.5, 0.6) is 0 Å². The van der Waals surface area contributed by atoms with E-state index in [0.717, 1.165) is 18.7 Å². The number of rotatable bonds is 3. The van der Waals surface area contributed by atoms with Crippen molar-refractivity contribution in [3.05, 3.63) is 23.8 Å². The third-order valence-corrected chi connectivity index (χ3v) is 2.81. The van der Waals surface area contributed by atoms with Crippen LogP contribution < -0.4 is 0 Å². The van der Waals surface area contributed by atoms with Gasteiger partial charge in [0, 0.05) is 17.4 Å². The molecule has 0 bridgehead atoms. The standard InChI is InChI=1S/C9H10BrF3N2/c1-2-6(10)5-8-14-4-3-7(15-8)9(11,12)13/h3-4,6H,2,5H2,1H3. The summed E-state index contributed by atoms with van der Waals surface area (Å²) in [6, 6.07) is 0.874. The van der Waals surface area contributed by atoms with Gasteiger partial charge in [-0.15, -0.1) is 0 Å². The van der Waals surface area contributed by atoms with E-state index in [2.05, 4.69) is 25.9 Å². The lowest BCUT2D eigenvalue weighted by molar-refractivity contribution is -0.141. The molecule has 84 valence electrons. The molecule has 1 unspecified atom stereocenters. The number of hydrogen-bond acceptors (Lipinski definition) is 2. The van der Waals surface area contributed by atoms with Crippen molar-refractivity contribution in [1.82, 2.24) is 9.97 Å². The third-order valence-electron chi connectivity index (χ3n) is 1.84. The van der Waals surface area contributed by atoms with Crippen LogP contribution in [0.15, 0.2) is 12.3 Å². The lowest BCUT2D eigenvalue weighted by Crippen LogP contribution is -2.12. The van der Waals surface area contributed by atoms with Crippen molar-refractivity contribution < 1.29 is 13.2 Å². The Morgan fingerprint density at radius 3 is 2.67 bits per heavy atom. The van der Waals surface area contributed by atoms with E-state index < -0.39 is 11.9 Å². The summed E-state index contributed by atoms with van der Waals surface area (Å²) >= 11 is 3.33. The van der Waals surface area contributed by atoms with Gasteiger partial charge in [-0.3, -0.25) is 0 Å². The predicted molar refractivity (Wildman–Crippen MR) is 53.7 cm³/mol. The molecule has 1 atom stereocenters. The van der Waals surface area contributed by atoms with Crippen molar-refractivity contribution in [2.45, 2.75) is 30.8 Å². The molecule has 0 spiro atoms. The van der Waals surface area contributed by atoms with Crippen LogP contribution in [0.1, 0.15) is 24.9 Å². The van der Waals surface area contributed by atoms with Gasteiger partial charge in [-0.2, -0.15) is 13.2 Å². The molecule has 0 aliphatic carbocycles. The monoisotopic (exact) mass is 282 g/mol. The molecule has 1 aromatic rings. The Hall–Kier alpha value is -0.650. The average molecular weight is 283 g/mol. The minimum absolute atomic E-state index is 0.112. The van der Waals surface area contributed by atoms with E-state index in [4.69, 9.17) is 0 Å². The highest BCUT2D eigenvalue weighted by molar-refractivity contribution is 9.09. The van der Waals surface area contributed by atoms with Crippen molar-refractivity contribution in [1.29, 1.82) is 0 Å². The molecule has 0 saturated heterocycles. The van der Waals surface area contributed by atoms with Gasteiger partial charge in [-0.1, -0.05) is 22.9 Å². The van der Waals surface area contributed by atoms with E-state index in [-0.39, 0.29) is 10.7 Å². The molecule has 0 aliphatic heterocycles. The van der Waals surface area contributed by atoms with Gasteiger partial charge in [0.25, 0.3) is 0 Å². The predicted octanol–water partition coefficient (Wildman–Crippen LogP) is 3.21. The van der Waals surface area contributed by atoms with Crippen LogP contribution in [-0.2, 0) is 12.6 Å². The molecule has 0 amide bonds. The van der Waals surface area contributed by atoms with Crippen LogP contribution in [0.4, 0.5) is 13.2 Å². The van der Waals surface area contributed by atoms with Crippen LogP contribution in [0.2, 0.25) is 0 Å². The number of hydrogen-bond donors (Lipinski definition) is 0. The number of halogens is 4. The number of alkyl halides is 4.